The van der Waals surface area contributed by atoms with E-state index in [4.69, 9.17) is 51.6 Å². The van der Waals surface area contributed by atoms with Crippen molar-refractivity contribution in [2.24, 2.45) is 158 Å². The Morgan fingerprint density at radius 2 is 0.400 bits per heavy atom. The molecule has 9 aliphatic rings. The van der Waals surface area contributed by atoms with Gasteiger partial charge in [-0.1, -0.05) is 208 Å². The summed E-state index contributed by atoms with van der Waals surface area (Å²) in [6.07, 6.45) is 61.9. The average Bonchev–Trinajstić information content (AvgIpc) is 0.861. The van der Waals surface area contributed by atoms with E-state index in [0.29, 0.717) is 53.7 Å². The summed E-state index contributed by atoms with van der Waals surface area (Å²) in [4.78, 5) is 0. The van der Waals surface area contributed by atoms with Crippen molar-refractivity contribution < 1.29 is 0 Å². The zero-order chi connectivity index (χ0) is 75.2. The van der Waals surface area contributed by atoms with Crippen LogP contribution in [0.5, 0.6) is 0 Å². The van der Waals surface area contributed by atoms with Gasteiger partial charge in [0.05, 0.1) is 0 Å². The predicted molar refractivity (Wildman–Crippen MR) is 449 cm³/mol. The number of hydrogen-bond donors (Lipinski definition) is 9. The lowest BCUT2D eigenvalue weighted by Gasteiger charge is -2.37. The minimum absolute atomic E-state index is 0.507. The topological polar surface area (TPSA) is 234 Å². The fraction of sp³-hybridized carbons (Fsp3) is 1.00. The van der Waals surface area contributed by atoms with Crippen molar-refractivity contribution in [3.05, 3.63) is 0 Å². The molecule has 0 radical (unpaired) electrons. The Kier molecular flexibility index (Phi) is 56.4. The quantitative estimate of drug-likeness (QED) is 0.0597. The molecule has 18 N–H and O–H groups in total. The smallest absolute Gasteiger partial charge is 0.00414 e. The van der Waals surface area contributed by atoms with Crippen LogP contribution in [-0.4, -0.2) is 54.9 Å². The van der Waals surface area contributed by atoms with Crippen LogP contribution in [0.15, 0.2) is 0 Å². The highest BCUT2D eigenvalue weighted by Crippen LogP contribution is 2.41. The van der Waals surface area contributed by atoms with Gasteiger partial charge in [0, 0.05) is 48.3 Å². The largest absolute Gasteiger partial charge is 0.330 e. The summed E-state index contributed by atoms with van der Waals surface area (Å²) in [6.45, 7) is 42.5. The summed E-state index contributed by atoms with van der Waals surface area (Å²) in [5, 5.41) is 0. The van der Waals surface area contributed by atoms with Gasteiger partial charge < -0.3 is 51.6 Å². The highest BCUT2D eigenvalue weighted by Gasteiger charge is 2.31. The van der Waals surface area contributed by atoms with Gasteiger partial charge in [0.15, 0.2) is 0 Å². The number of rotatable bonds is 19. The van der Waals surface area contributed by atoms with E-state index < -0.39 is 0 Å². The molecule has 9 aliphatic carbocycles. The zero-order valence-corrected chi connectivity index (χ0v) is 71.4. The van der Waals surface area contributed by atoms with Crippen molar-refractivity contribution >= 4 is 0 Å². The first-order valence-corrected chi connectivity index (χ1v) is 44.9. The molecule has 9 nitrogen and oxygen atoms in total. The lowest BCUT2D eigenvalue weighted by molar-refractivity contribution is 0.159. The molecular weight excluding hydrogens is 1220 g/mol. The van der Waals surface area contributed by atoms with Crippen LogP contribution in [0.4, 0.5) is 0 Å². The van der Waals surface area contributed by atoms with Gasteiger partial charge in [-0.2, -0.15) is 0 Å². The van der Waals surface area contributed by atoms with Crippen LogP contribution in [-0.2, 0) is 0 Å². The molecule has 0 amide bonds. The van der Waals surface area contributed by atoms with Gasteiger partial charge in [-0.3, -0.25) is 0 Å². The van der Waals surface area contributed by atoms with Crippen LogP contribution in [0.3, 0.4) is 0 Å². The fourth-order valence-electron chi connectivity index (χ4n) is 20.0. The number of hydrogen-bond acceptors (Lipinski definition) is 9. The molecule has 0 aromatic rings. The van der Waals surface area contributed by atoms with E-state index in [2.05, 4.69) is 125 Å². The summed E-state index contributed by atoms with van der Waals surface area (Å²) in [5.74, 6) is 15.3. The second kappa shape index (κ2) is 57.7. The Morgan fingerprint density at radius 3 is 0.560 bits per heavy atom. The maximum atomic E-state index is 5.90. The highest BCUT2D eigenvalue weighted by molar-refractivity contribution is 4.86. The normalized spacial score (nSPS) is 31.6. The molecule has 0 aromatic carbocycles. The van der Waals surface area contributed by atoms with Gasteiger partial charge >= 0.3 is 0 Å². The fourth-order valence-corrected chi connectivity index (χ4v) is 20.0. The number of nitrogens with two attached hydrogens (primary N) is 9. The standard InChI is InChI=1S/C11H23N.8C10H21N/c1-10(2)8-11(9-12)6-4-3-5-7-11;3*1-8(2)7-9-3-5-10(11)6-4-9;5*1-8(2)6-9-4-3-5-10(11)7-9/h10H,3-9,12H2,1-2H3;8*8-10H,3-7,11H2,1-2H3/t;;;;2*9-,10+;2*9-,10-;/m....1010./s1. The molecule has 9 fully saturated rings. The maximum Gasteiger partial charge on any atom is 0.00414 e. The van der Waals surface area contributed by atoms with Gasteiger partial charge in [0.2, 0.25) is 0 Å². The van der Waals surface area contributed by atoms with Crippen molar-refractivity contribution in [1.82, 2.24) is 0 Å². The Bertz CT molecular complexity index is 1550. The molecule has 9 heteroatoms. The molecule has 0 spiro atoms. The van der Waals surface area contributed by atoms with E-state index in [0.717, 1.165) is 107 Å². The first kappa shape index (κ1) is 97.7. The van der Waals surface area contributed by atoms with E-state index >= 15 is 0 Å². The first-order valence-electron chi connectivity index (χ1n) is 44.9. The monoisotopic (exact) mass is 1410 g/mol. The van der Waals surface area contributed by atoms with Gasteiger partial charge in [-0.15, -0.1) is 0 Å². The lowest BCUT2D eigenvalue weighted by atomic mass is 9.69. The van der Waals surface area contributed by atoms with E-state index in [1.807, 2.05) is 0 Å². The zero-order valence-electron chi connectivity index (χ0n) is 71.4. The van der Waals surface area contributed by atoms with E-state index in [1.54, 1.807) is 0 Å². The third kappa shape index (κ3) is 54.3. The summed E-state index contributed by atoms with van der Waals surface area (Å²) < 4.78 is 0. The minimum atomic E-state index is 0.507. The van der Waals surface area contributed by atoms with Crippen molar-refractivity contribution in [3.8, 4) is 0 Å². The Labute approximate surface area is 629 Å². The van der Waals surface area contributed by atoms with Crippen molar-refractivity contribution in [1.29, 1.82) is 0 Å². The van der Waals surface area contributed by atoms with Crippen molar-refractivity contribution in [2.45, 2.75) is 468 Å². The SMILES string of the molecule is CC(C)CC1(CN)CCCCC1.CC(C)CC1CCC(N)CC1.CC(C)CC1CCC(N)CC1.CC(C)CC1CCC(N)CC1.CC(C)CC1CCCC(N)C1.CC(C)C[C@@H]1CCC[C@@H](N)C1.CC(C)C[C@@H]1CCC[C@H](N)C1.CC(C)C[C@H]1CCC[C@@H](N)C1.CC(C)C[C@H]1CCC[C@H](N)C1. The maximum absolute atomic E-state index is 5.90. The molecule has 0 bridgehead atoms. The molecule has 0 heterocycles. The van der Waals surface area contributed by atoms with E-state index in [1.165, 1.54) is 295 Å². The molecule has 600 valence electrons. The van der Waals surface area contributed by atoms with Gasteiger partial charge in [-0.25, -0.2) is 0 Å². The van der Waals surface area contributed by atoms with Crippen LogP contribution >= 0.6 is 0 Å². The van der Waals surface area contributed by atoms with Crippen LogP contribution in [0.2, 0.25) is 0 Å². The molecule has 0 saturated heterocycles. The summed E-state index contributed by atoms with van der Waals surface area (Å²) in [6, 6.07) is 4.07. The molecule has 9 saturated carbocycles. The van der Waals surface area contributed by atoms with Gasteiger partial charge in [0.25, 0.3) is 0 Å². The second-order valence-electron chi connectivity index (χ2n) is 40.2. The van der Waals surface area contributed by atoms with E-state index in [9.17, 15) is 0 Å². The molecule has 10 atom stereocenters. The summed E-state index contributed by atoms with van der Waals surface area (Å²) in [5.41, 5.74) is 53.4. The van der Waals surface area contributed by atoms with E-state index in [-0.39, 0.29) is 0 Å². The van der Waals surface area contributed by atoms with Crippen LogP contribution in [0.25, 0.3) is 0 Å². The third-order valence-electron chi connectivity index (χ3n) is 24.4. The van der Waals surface area contributed by atoms with Crippen LogP contribution in [0, 0.1) is 106 Å². The molecule has 0 aromatic heterocycles. The predicted octanol–water partition coefficient (Wildman–Crippen LogP) is 23.3. The average molecular weight is 1410 g/mol. The Hall–Kier alpha value is -0.360. The third-order valence-corrected chi connectivity index (χ3v) is 24.4. The molecule has 2 unspecified atom stereocenters. The minimum Gasteiger partial charge on any atom is -0.330 e. The van der Waals surface area contributed by atoms with Crippen LogP contribution < -0.4 is 51.6 Å². The van der Waals surface area contributed by atoms with Crippen molar-refractivity contribution in [3.63, 3.8) is 0 Å². The first-order chi connectivity index (χ1) is 47.1. The second-order valence-corrected chi connectivity index (χ2v) is 40.2. The Balaban J connectivity index is 0.000000563. The van der Waals surface area contributed by atoms with Gasteiger partial charge in [0.1, 0.15) is 0 Å². The van der Waals surface area contributed by atoms with Crippen LogP contribution in [0.1, 0.15) is 420 Å². The van der Waals surface area contributed by atoms with Crippen molar-refractivity contribution in [2.75, 3.05) is 6.54 Å². The summed E-state index contributed by atoms with van der Waals surface area (Å²) >= 11 is 0. The molecule has 9 rings (SSSR count). The Morgan fingerprint density at radius 1 is 0.210 bits per heavy atom. The molecule has 100 heavy (non-hydrogen) atoms. The summed E-state index contributed by atoms with van der Waals surface area (Å²) in [7, 11) is 0. The molecule has 0 aliphatic heterocycles. The van der Waals surface area contributed by atoms with Gasteiger partial charge in [-0.05, 0) is 324 Å². The highest BCUT2D eigenvalue weighted by atomic mass is 14.7. The molecular formula is C91H191N9. The lowest BCUT2D eigenvalue weighted by Crippen LogP contribution is -2.34.